The zero-order valence-electron chi connectivity index (χ0n) is 16.4. The highest BCUT2D eigenvalue weighted by atomic mass is 16.5. The first-order valence-electron chi connectivity index (χ1n) is 10.5. The lowest BCUT2D eigenvalue weighted by Crippen LogP contribution is -2.55. The number of carbonyl (C=O) groups is 1. The van der Waals surface area contributed by atoms with E-state index in [9.17, 15) is 4.79 Å². The number of aromatic nitrogens is 2. The summed E-state index contributed by atoms with van der Waals surface area (Å²) in [5.74, 6) is -0.0583. The topological polar surface area (TPSA) is 70.2 Å². The zero-order chi connectivity index (χ0) is 19.1. The molecule has 3 atom stereocenters. The number of hydrogen-bond acceptors (Lipinski definition) is 4. The van der Waals surface area contributed by atoms with Gasteiger partial charge in [-0.2, -0.15) is 5.10 Å². The molecule has 1 aromatic heterocycles. The van der Waals surface area contributed by atoms with E-state index in [1.54, 1.807) is 0 Å². The highest BCUT2D eigenvalue weighted by Gasteiger charge is 2.36. The molecule has 148 valence electrons. The maximum Gasteiger partial charge on any atom is 0.272 e. The van der Waals surface area contributed by atoms with E-state index in [0.29, 0.717) is 24.4 Å². The number of benzene rings is 1. The van der Waals surface area contributed by atoms with Crippen LogP contribution in [0.2, 0.25) is 0 Å². The van der Waals surface area contributed by atoms with Crippen LogP contribution in [0.5, 0.6) is 0 Å². The Morgan fingerprint density at radius 1 is 1.29 bits per heavy atom. The van der Waals surface area contributed by atoms with Crippen molar-refractivity contribution in [3.05, 3.63) is 35.5 Å². The molecule has 5 rings (SSSR count). The molecule has 0 saturated carbocycles. The van der Waals surface area contributed by atoms with E-state index >= 15 is 0 Å². The van der Waals surface area contributed by atoms with Gasteiger partial charge in [0, 0.05) is 23.5 Å². The first-order valence-corrected chi connectivity index (χ1v) is 10.5. The zero-order valence-corrected chi connectivity index (χ0v) is 16.4. The third-order valence-electron chi connectivity index (χ3n) is 6.79. The number of H-pyrrole nitrogens is 1. The highest BCUT2D eigenvalue weighted by Crippen LogP contribution is 2.33. The molecule has 6 heteroatoms. The van der Waals surface area contributed by atoms with E-state index in [-0.39, 0.29) is 11.9 Å². The van der Waals surface area contributed by atoms with Crippen LogP contribution in [0.3, 0.4) is 0 Å². The van der Waals surface area contributed by atoms with Gasteiger partial charge in [0.2, 0.25) is 0 Å². The van der Waals surface area contributed by atoms with Crippen LogP contribution in [0.25, 0.3) is 16.5 Å². The van der Waals surface area contributed by atoms with Crippen molar-refractivity contribution in [2.24, 2.45) is 0 Å². The second-order valence-corrected chi connectivity index (χ2v) is 8.43. The molecular formula is C22H28N4O2. The number of carbonyl (C=O) groups excluding carboxylic acids is 1. The SMILES string of the molecule is CN1[C@@H]2CCC[C@H]1CC(NC(=O)c1n[nH]c3ccc(C4=CCOCC4)cc13)C2. The van der Waals surface area contributed by atoms with E-state index < -0.39 is 0 Å². The first-order chi connectivity index (χ1) is 13.7. The van der Waals surface area contributed by atoms with E-state index in [1.165, 1.54) is 24.8 Å². The van der Waals surface area contributed by atoms with Crippen LogP contribution in [-0.4, -0.2) is 59.4 Å². The van der Waals surface area contributed by atoms with Crippen molar-refractivity contribution in [2.45, 2.75) is 56.7 Å². The average molecular weight is 380 g/mol. The Morgan fingerprint density at radius 3 is 2.86 bits per heavy atom. The molecule has 1 unspecified atom stereocenters. The summed E-state index contributed by atoms with van der Waals surface area (Å²) in [5, 5.41) is 11.5. The first kappa shape index (κ1) is 17.9. The average Bonchev–Trinajstić information content (AvgIpc) is 3.13. The number of aromatic amines is 1. The fraction of sp³-hybridized carbons (Fsp3) is 0.545. The molecule has 4 heterocycles. The van der Waals surface area contributed by atoms with Crippen molar-refractivity contribution < 1.29 is 9.53 Å². The third kappa shape index (κ3) is 3.25. The van der Waals surface area contributed by atoms with Crippen molar-refractivity contribution >= 4 is 22.4 Å². The molecule has 0 spiro atoms. The molecule has 2 fully saturated rings. The van der Waals surface area contributed by atoms with Gasteiger partial charge in [-0.15, -0.1) is 0 Å². The van der Waals surface area contributed by atoms with E-state index in [1.807, 2.05) is 6.07 Å². The molecule has 2 saturated heterocycles. The molecule has 2 aromatic rings. The van der Waals surface area contributed by atoms with E-state index in [4.69, 9.17) is 4.74 Å². The van der Waals surface area contributed by atoms with Crippen molar-refractivity contribution in [1.82, 2.24) is 20.4 Å². The molecule has 2 bridgehead atoms. The van der Waals surface area contributed by atoms with Crippen LogP contribution in [0.4, 0.5) is 0 Å². The van der Waals surface area contributed by atoms with Gasteiger partial charge in [0.1, 0.15) is 0 Å². The number of fused-ring (bicyclic) bond motifs is 3. The fourth-order valence-corrected chi connectivity index (χ4v) is 5.16. The van der Waals surface area contributed by atoms with Crippen molar-refractivity contribution in [2.75, 3.05) is 20.3 Å². The minimum Gasteiger partial charge on any atom is -0.377 e. The Hall–Kier alpha value is -2.18. The van der Waals surface area contributed by atoms with Crippen molar-refractivity contribution in [3.8, 4) is 0 Å². The molecule has 3 aliphatic heterocycles. The smallest absolute Gasteiger partial charge is 0.272 e. The van der Waals surface area contributed by atoms with E-state index in [0.717, 1.165) is 42.3 Å². The summed E-state index contributed by atoms with van der Waals surface area (Å²) in [6.07, 6.45) is 8.91. The Bertz CT molecular complexity index is 904. The van der Waals surface area contributed by atoms with Gasteiger partial charge in [0.25, 0.3) is 5.91 Å². The normalized spacial score (nSPS) is 28.2. The van der Waals surface area contributed by atoms with Gasteiger partial charge in [0.15, 0.2) is 5.69 Å². The molecule has 6 nitrogen and oxygen atoms in total. The summed E-state index contributed by atoms with van der Waals surface area (Å²) < 4.78 is 5.42. The van der Waals surface area contributed by atoms with Crippen molar-refractivity contribution in [1.29, 1.82) is 0 Å². The van der Waals surface area contributed by atoms with Gasteiger partial charge in [-0.3, -0.25) is 9.89 Å². The van der Waals surface area contributed by atoms with Gasteiger partial charge >= 0.3 is 0 Å². The minimum atomic E-state index is -0.0583. The predicted molar refractivity (Wildman–Crippen MR) is 109 cm³/mol. The number of hydrogen-bond donors (Lipinski definition) is 2. The van der Waals surface area contributed by atoms with Crippen LogP contribution in [-0.2, 0) is 4.74 Å². The Kier molecular flexibility index (Phi) is 4.69. The Morgan fingerprint density at radius 2 is 2.11 bits per heavy atom. The maximum absolute atomic E-state index is 13.0. The van der Waals surface area contributed by atoms with Gasteiger partial charge in [0.05, 0.1) is 18.7 Å². The predicted octanol–water partition coefficient (Wildman–Crippen LogP) is 3.11. The summed E-state index contributed by atoms with van der Waals surface area (Å²) in [7, 11) is 2.24. The summed E-state index contributed by atoms with van der Waals surface area (Å²) >= 11 is 0. The van der Waals surface area contributed by atoms with Gasteiger partial charge in [-0.25, -0.2) is 0 Å². The number of ether oxygens (including phenoxy) is 1. The Balaban J connectivity index is 1.36. The van der Waals surface area contributed by atoms with Crippen molar-refractivity contribution in [3.63, 3.8) is 0 Å². The van der Waals surface area contributed by atoms with Crippen LogP contribution < -0.4 is 5.32 Å². The maximum atomic E-state index is 13.0. The number of rotatable bonds is 3. The largest absolute Gasteiger partial charge is 0.377 e. The molecule has 1 amide bonds. The minimum absolute atomic E-state index is 0.0583. The molecule has 3 aliphatic rings. The monoisotopic (exact) mass is 380 g/mol. The van der Waals surface area contributed by atoms with E-state index in [2.05, 4.69) is 45.7 Å². The lowest BCUT2D eigenvalue weighted by atomic mass is 9.82. The quantitative estimate of drug-likeness (QED) is 0.858. The summed E-state index contributed by atoms with van der Waals surface area (Å²) in [5.41, 5.74) is 3.85. The highest BCUT2D eigenvalue weighted by molar-refractivity contribution is 6.05. The van der Waals surface area contributed by atoms with Crippen LogP contribution in [0.15, 0.2) is 24.3 Å². The summed E-state index contributed by atoms with van der Waals surface area (Å²) in [6, 6.07) is 7.64. The molecule has 0 radical (unpaired) electrons. The van der Waals surface area contributed by atoms with Crippen LogP contribution >= 0.6 is 0 Å². The number of amides is 1. The molecule has 0 aliphatic carbocycles. The van der Waals surface area contributed by atoms with Gasteiger partial charge < -0.3 is 15.0 Å². The standard InChI is InChI=1S/C22H28N4O2/c1-26-17-3-2-4-18(26)13-16(12-17)23-22(27)21-19-11-15(5-6-20(19)24-25-21)14-7-9-28-10-8-14/h5-7,11,16-18H,2-4,8-10,12-13H2,1H3,(H,23,27)(H,24,25)/t16?,17-,18+. The Labute approximate surface area is 165 Å². The van der Waals surface area contributed by atoms with Crippen LogP contribution in [0, 0.1) is 0 Å². The summed E-state index contributed by atoms with van der Waals surface area (Å²) in [4.78, 5) is 15.6. The fourth-order valence-electron chi connectivity index (χ4n) is 5.16. The second-order valence-electron chi connectivity index (χ2n) is 8.43. The number of nitrogens with zero attached hydrogens (tertiary/aromatic N) is 2. The number of piperidine rings is 2. The summed E-state index contributed by atoms with van der Waals surface area (Å²) in [6.45, 7) is 1.41. The second kappa shape index (κ2) is 7.33. The lowest BCUT2D eigenvalue weighted by molar-refractivity contribution is 0.0462. The molecule has 1 aromatic carbocycles. The molecular weight excluding hydrogens is 352 g/mol. The van der Waals surface area contributed by atoms with Crippen LogP contribution in [0.1, 0.15) is 54.6 Å². The third-order valence-corrected chi connectivity index (χ3v) is 6.79. The molecule has 28 heavy (non-hydrogen) atoms. The van der Waals surface area contributed by atoms with Gasteiger partial charge in [-0.05, 0) is 62.4 Å². The molecule has 2 N–H and O–H groups in total. The lowest BCUT2D eigenvalue weighted by Gasteiger charge is -2.47. The number of nitrogens with one attached hydrogen (secondary N) is 2. The van der Waals surface area contributed by atoms with Gasteiger partial charge in [-0.1, -0.05) is 18.6 Å².